The number of rotatable bonds is 7. The maximum atomic E-state index is 12.9. The Morgan fingerprint density at radius 2 is 1.84 bits per heavy atom. The van der Waals surface area contributed by atoms with E-state index in [4.69, 9.17) is 9.73 Å². The summed E-state index contributed by atoms with van der Waals surface area (Å²) < 4.78 is 7.47. The van der Waals surface area contributed by atoms with Gasteiger partial charge in [-0.15, -0.1) is 0 Å². The van der Waals surface area contributed by atoms with Crippen molar-refractivity contribution in [2.45, 2.75) is 47.7 Å². The predicted octanol–water partition coefficient (Wildman–Crippen LogP) is 4.63. The molecule has 7 nitrogen and oxygen atoms in total. The Morgan fingerprint density at radius 3 is 2.47 bits per heavy atom. The second-order valence-electron chi connectivity index (χ2n) is 7.54. The van der Waals surface area contributed by atoms with E-state index in [2.05, 4.69) is 22.7 Å². The van der Waals surface area contributed by atoms with Gasteiger partial charge in [-0.2, -0.15) is 5.10 Å². The lowest BCUT2D eigenvalue weighted by Crippen LogP contribution is -2.36. The molecule has 32 heavy (non-hydrogen) atoms. The molecule has 0 spiro atoms. The summed E-state index contributed by atoms with van der Waals surface area (Å²) in [5, 5.41) is 10.7. The maximum absolute atomic E-state index is 12.9. The molecule has 0 aliphatic carbocycles. The van der Waals surface area contributed by atoms with Crippen molar-refractivity contribution >= 4 is 17.6 Å². The van der Waals surface area contributed by atoms with Gasteiger partial charge in [0.05, 0.1) is 18.8 Å². The molecular weight excluding hydrogens is 402 g/mol. The van der Waals surface area contributed by atoms with Gasteiger partial charge in [0.25, 0.3) is 5.91 Å². The molecule has 0 radical (unpaired) electrons. The number of carbonyl (C=O) groups excluding carboxylic acids is 1. The summed E-state index contributed by atoms with van der Waals surface area (Å²) in [7, 11) is 0. The van der Waals surface area contributed by atoms with Gasteiger partial charge in [-0.1, -0.05) is 17.7 Å². The quantitative estimate of drug-likeness (QED) is 0.421. The smallest absolute Gasteiger partial charge is 0.257 e. The monoisotopic (exact) mass is 433 g/mol. The van der Waals surface area contributed by atoms with Gasteiger partial charge in [0.2, 0.25) is 5.96 Å². The molecule has 0 saturated carbocycles. The molecule has 2 aromatic carbocycles. The number of hydrogen-bond acceptors (Lipinski definition) is 4. The molecule has 7 heteroatoms. The third kappa shape index (κ3) is 5.75. The van der Waals surface area contributed by atoms with Crippen molar-refractivity contribution in [3.63, 3.8) is 0 Å². The molecule has 3 rings (SSSR count). The Kier molecular flexibility index (Phi) is 7.65. The van der Waals surface area contributed by atoms with Gasteiger partial charge in [0.1, 0.15) is 5.75 Å². The fourth-order valence-electron chi connectivity index (χ4n) is 3.44. The van der Waals surface area contributed by atoms with E-state index >= 15 is 0 Å². The van der Waals surface area contributed by atoms with Crippen molar-refractivity contribution in [3.8, 4) is 5.75 Å². The van der Waals surface area contributed by atoms with Crippen LogP contribution in [0.2, 0.25) is 0 Å². The molecule has 0 unspecified atom stereocenters. The van der Waals surface area contributed by atoms with E-state index in [1.165, 1.54) is 0 Å². The van der Waals surface area contributed by atoms with Crippen LogP contribution in [0.3, 0.4) is 0 Å². The van der Waals surface area contributed by atoms with Crippen molar-refractivity contribution in [2.24, 2.45) is 4.99 Å². The first-order chi connectivity index (χ1) is 15.4. The van der Waals surface area contributed by atoms with Crippen LogP contribution >= 0.6 is 0 Å². The largest absolute Gasteiger partial charge is 0.494 e. The van der Waals surface area contributed by atoms with Gasteiger partial charge >= 0.3 is 0 Å². The van der Waals surface area contributed by atoms with Gasteiger partial charge in [-0.25, -0.2) is 4.99 Å². The number of aryl methyl sites for hydroxylation is 3. The Labute approximate surface area is 189 Å². The topological polar surface area (TPSA) is 80.5 Å². The van der Waals surface area contributed by atoms with Crippen LogP contribution in [0.1, 0.15) is 46.7 Å². The van der Waals surface area contributed by atoms with Crippen molar-refractivity contribution in [1.82, 2.24) is 15.1 Å². The Balaban J connectivity index is 1.85. The highest BCUT2D eigenvalue weighted by Crippen LogP contribution is 2.17. The van der Waals surface area contributed by atoms with E-state index in [0.29, 0.717) is 24.7 Å². The van der Waals surface area contributed by atoms with Crippen LogP contribution in [0.5, 0.6) is 5.75 Å². The molecule has 0 bridgehead atoms. The fourth-order valence-corrected chi connectivity index (χ4v) is 3.44. The molecule has 3 aromatic rings. The lowest BCUT2D eigenvalue weighted by molar-refractivity contribution is 0.0977. The molecule has 1 amide bonds. The van der Waals surface area contributed by atoms with Crippen LogP contribution in [0.15, 0.2) is 53.5 Å². The molecule has 1 heterocycles. The molecule has 0 fully saturated rings. The number of aromatic nitrogens is 2. The molecule has 0 saturated heterocycles. The summed E-state index contributed by atoms with van der Waals surface area (Å²) in [5.74, 6) is 0.950. The summed E-state index contributed by atoms with van der Waals surface area (Å²) in [6.07, 6.45) is 0. The average Bonchev–Trinajstić information content (AvgIpc) is 3.06. The number of hydrogen-bond donors (Lipinski definition) is 2. The minimum absolute atomic E-state index is 0.219. The third-order valence-corrected chi connectivity index (χ3v) is 5.17. The van der Waals surface area contributed by atoms with Gasteiger partial charge < -0.3 is 10.1 Å². The predicted molar refractivity (Wildman–Crippen MR) is 128 cm³/mol. The number of amides is 1. The van der Waals surface area contributed by atoms with E-state index in [9.17, 15) is 4.79 Å². The van der Waals surface area contributed by atoms with Gasteiger partial charge in [-0.3, -0.25) is 14.8 Å². The fraction of sp³-hybridized carbons (Fsp3) is 0.320. The summed E-state index contributed by atoms with van der Waals surface area (Å²) >= 11 is 0. The van der Waals surface area contributed by atoms with E-state index in [1.54, 1.807) is 6.07 Å². The summed E-state index contributed by atoms with van der Waals surface area (Å²) in [5.41, 5.74) is 5.49. The SMILES string of the molecule is CCOc1ccc(NC(=NCc2c(C)nn(CC)c2C)NC(=O)c2cccc(C)c2)cc1. The molecular formula is C25H31N5O2. The second-order valence-corrected chi connectivity index (χ2v) is 7.54. The summed E-state index contributed by atoms with van der Waals surface area (Å²) in [6, 6.07) is 15.0. The number of carbonyl (C=O) groups is 1. The van der Waals surface area contributed by atoms with E-state index in [0.717, 1.165) is 40.5 Å². The molecule has 2 N–H and O–H groups in total. The highest BCUT2D eigenvalue weighted by Gasteiger charge is 2.13. The second kappa shape index (κ2) is 10.6. The van der Waals surface area contributed by atoms with Gasteiger partial charge in [-0.05, 0) is 71.0 Å². The van der Waals surface area contributed by atoms with Crippen LogP contribution in [-0.2, 0) is 13.1 Å². The number of anilines is 1. The number of nitrogens with one attached hydrogen (secondary N) is 2. The van der Waals surface area contributed by atoms with Crippen LogP contribution in [-0.4, -0.2) is 28.3 Å². The first-order valence-electron chi connectivity index (χ1n) is 10.9. The third-order valence-electron chi connectivity index (χ3n) is 5.17. The minimum atomic E-state index is -0.219. The minimum Gasteiger partial charge on any atom is -0.494 e. The normalized spacial score (nSPS) is 11.3. The number of ether oxygens (including phenoxy) is 1. The number of aliphatic imine (C=N–C) groups is 1. The number of nitrogens with zero attached hydrogens (tertiary/aromatic N) is 3. The number of guanidine groups is 1. The molecule has 1 aromatic heterocycles. The van der Waals surface area contributed by atoms with E-state index in [1.807, 2.05) is 74.8 Å². The highest BCUT2D eigenvalue weighted by molar-refractivity contribution is 6.10. The molecule has 168 valence electrons. The van der Waals surface area contributed by atoms with Crippen molar-refractivity contribution in [3.05, 3.63) is 76.6 Å². The average molecular weight is 434 g/mol. The molecule has 0 aliphatic heterocycles. The van der Waals surface area contributed by atoms with Gasteiger partial charge in [0, 0.05) is 29.1 Å². The first kappa shape index (κ1) is 23.1. The van der Waals surface area contributed by atoms with Crippen molar-refractivity contribution < 1.29 is 9.53 Å². The molecule has 0 atom stereocenters. The van der Waals surface area contributed by atoms with E-state index < -0.39 is 0 Å². The highest BCUT2D eigenvalue weighted by atomic mass is 16.5. The lowest BCUT2D eigenvalue weighted by atomic mass is 10.1. The lowest BCUT2D eigenvalue weighted by Gasteiger charge is -2.13. The molecule has 0 aliphatic rings. The van der Waals surface area contributed by atoms with Crippen LogP contribution in [0, 0.1) is 20.8 Å². The van der Waals surface area contributed by atoms with Gasteiger partial charge in [0.15, 0.2) is 0 Å². The van der Waals surface area contributed by atoms with Crippen molar-refractivity contribution in [1.29, 1.82) is 0 Å². The maximum Gasteiger partial charge on any atom is 0.257 e. The van der Waals surface area contributed by atoms with Crippen molar-refractivity contribution in [2.75, 3.05) is 11.9 Å². The van der Waals surface area contributed by atoms with Crippen LogP contribution in [0.25, 0.3) is 0 Å². The van der Waals surface area contributed by atoms with Crippen LogP contribution < -0.4 is 15.4 Å². The Bertz CT molecular complexity index is 1100. The zero-order valence-electron chi connectivity index (χ0n) is 19.4. The van der Waals surface area contributed by atoms with Crippen LogP contribution in [0.4, 0.5) is 5.69 Å². The summed E-state index contributed by atoms with van der Waals surface area (Å²) in [4.78, 5) is 17.6. The standard InChI is InChI=1S/C25H31N5O2/c1-6-30-19(5)23(18(4)29-30)16-26-25(27-21-11-13-22(14-12-21)32-7-2)28-24(31)20-10-8-9-17(3)15-20/h8-15H,6-7,16H2,1-5H3,(H2,26,27,28,31). The Morgan fingerprint density at radius 1 is 1.09 bits per heavy atom. The first-order valence-corrected chi connectivity index (χ1v) is 10.9. The Hall–Kier alpha value is -3.61. The van der Waals surface area contributed by atoms with E-state index in [-0.39, 0.29) is 5.91 Å². The number of benzene rings is 2. The zero-order chi connectivity index (χ0) is 23.1. The zero-order valence-corrected chi connectivity index (χ0v) is 19.4. The summed E-state index contributed by atoms with van der Waals surface area (Å²) in [6.45, 7) is 11.8.